The summed E-state index contributed by atoms with van der Waals surface area (Å²) < 4.78 is 0. The van der Waals surface area contributed by atoms with E-state index in [4.69, 9.17) is 4.84 Å². The Hall–Kier alpha value is -1.21. The number of aromatic amines is 1. The van der Waals surface area contributed by atoms with Crippen molar-refractivity contribution in [1.82, 2.24) is 15.4 Å². The molecular formula is C15H25N3O3. The number of carbonyl (C=O) groups is 1. The number of aromatic nitrogens is 1. The number of aliphatic hydroxyl groups excluding tert-OH is 1. The van der Waals surface area contributed by atoms with Gasteiger partial charge in [0.25, 0.3) is 0 Å². The van der Waals surface area contributed by atoms with Crippen molar-refractivity contribution in [2.24, 2.45) is 0 Å². The average molecular weight is 295 g/mol. The molecule has 1 aliphatic rings. The minimum Gasteiger partial charge on any atom is -0.390 e. The van der Waals surface area contributed by atoms with Gasteiger partial charge in [0.1, 0.15) is 0 Å². The van der Waals surface area contributed by atoms with Gasteiger partial charge in [-0.25, -0.2) is 0 Å². The fraction of sp³-hybridized carbons (Fsp3) is 0.667. The summed E-state index contributed by atoms with van der Waals surface area (Å²) in [6, 6.07) is 0. The van der Waals surface area contributed by atoms with Crippen LogP contribution in [-0.2, 0) is 17.9 Å². The van der Waals surface area contributed by atoms with Crippen molar-refractivity contribution in [3.63, 3.8) is 0 Å². The van der Waals surface area contributed by atoms with Crippen LogP contribution in [0.5, 0.6) is 0 Å². The smallest absolute Gasteiger partial charge is 0.179 e. The molecule has 3 N–H and O–H groups in total. The lowest BCUT2D eigenvalue weighted by Crippen LogP contribution is -2.35. The van der Waals surface area contributed by atoms with E-state index in [1.165, 1.54) is 0 Å². The van der Waals surface area contributed by atoms with Crippen LogP contribution in [0, 0.1) is 6.92 Å². The minimum atomic E-state index is -0.470. The Morgan fingerprint density at radius 3 is 2.90 bits per heavy atom. The van der Waals surface area contributed by atoms with Gasteiger partial charge >= 0.3 is 0 Å². The van der Waals surface area contributed by atoms with Crippen molar-refractivity contribution < 1.29 is 14.7 Å². The van der Waals surface area contributed by atoms with Crippen molar-refractivity contribution in [2.45, 2.75) is 38.9 Å². The van der Waals surface area contributed by atoms with Crippen LogP contribution in [-0.4, -0.2) is 54.1 Å². The Bertz CT molecular complexity index is 497. The van der Waals surface area contributed by atoms with E-state index in [9.17, 15) is 9.90 Å². The summed E-state index contributed by atoms with van der Waals surface area (Å²) in [5, 5.41) is 9.72. The summed E-state index contributed by atoms with van der Waals surface area (Å²) in [4.78, 5) is 22.4. The van der Waals surface area contributed by atoms with E-state index >= 15 is 0 Å². The van der Waals surface area contributed by atoms with Gasteiger partial charge in [0.2, 0.25) is 0 Å². The summed E-state index contributed by atoms with van der Waals surface area (Å²) in [7, 11) is 3.83. The first kappa shape index (κ1) is 16.2. The quantitative estimate of drug-likeness (QED) is 0.512. The molecule has 0 saturated heterocycles. The van der Waals surface area contributed by atoms with Gasteiger partial charge in [-0.2, -0.15) is 5.48 Å². The van der Waals surface area contributed by atoms with Crippen molar-refractivity contribution in [2.75, 3.05) is 27.2 Å². The first-order chi connectivity index (χ1) is 9.99. The van der Waals surface area contributed by atoms with Gasteiger partial charge in [-0.15, -0.1) is 0 Å². The van der Waals surface area contributed by atoms with E-state index in [0.717, 1.165) is 35.4 Å². The Kier molecular flexibility index (Phi) is 5.52. The number of likely N-dealkylation sites (N-methyl/N-ethyl adjacent to an activating group) is 1. The van der Waals surface area contributed by atoms with Gasteiger partial charge in [0.15, 0.2) is 5.78 Å². The molecule has 6 nitrogen and oxygen atoms in total. The molecule has 1 heterocycles. The number of hydrogen-bond donors (Lipinski definition) is 3. The maximum atomic E-state index is 11.8. The molecule has 0 amide bonds. The minimum absolute atomic E-state index is 0.194. The van der Waals surface area contributed by atoms with Crippen molar-refractivity contribution in [3.05, 3.63) is 22.5 Å². The third kappa shape index (κ3) is 4.14. The Labute approximate surface area is 125 Å². The summed E-state index contributed by atoms with van der Waals surface area (Å²) >= 11 is 0. The molecule has 0 fully saturated rings. The lowest BCUT2D eigenvalue weighted by atomic mass is 9.94. The highest BCUT2D eigenvalue weighted by atomic mass is 16.6. The van der Waals surface area contributed by atoms with E-state index in [0.29, 0.717) is 26.1 Å². The molecule has 2 rings (SSSR count). The normalized spacial score (nSPS) is 16.3. The fourth-order valence-electron chi connectivity index (χ4n) is 2.74. The van der Waals surface area contributed by atoms with E-state index in [-0.39, 0.29) is 5.78 Å². The molecule has 0 radical (unpaired) electrons. The molecule has 1 aromatic rings. The van der Waals surface area contributed by atoms with Crippen LogP contribution in [0.4, 0.5) is 0 Å². The SMILES string of the molecule is Cc1[nH]c2c(c1CONCC(O)CN(C)C)CCCC2=O. The van der Waals surface area contributed by atoms with Crippen molar-refractivity contribution >= 4 is 5.78 Å². The second-order valence-electron chi connectivity index (χ2n) is 5.91. The van der Waals surface area contributed by atoms with Crippen LogP contribution >= 0.6 is 0 Å². The summed E-state index contributed by atoms with van der Waals surface area (Å²) in [6.45, 7) is 3.33. The van der Waals surface area contributed by atoms with Crippen LogP contribution in [0.1, 0.15) is 40.2 Å². The van der Waals surface area contributed by atoms with Gasteiger partial charge in [0, 0.05) is 30.8 Å². The predicted octanol–water partition coefficient (Wildman–Crippen LogP) is 0.786. The second-order valence-corrected chi connectivity index (χ2v) is 5.91. The van der Waals surface area contributed by atoms with Gasteiger partial charge in [-0.3, -0.25) is 9.63 Å². The van der Waals surface area contributed by atoms with E-state index in [1.54, 1.807) is 0 Å². The maximum absolute atomic E-state index is 11.8. The highest BCUT2D eigenvalue weighted by Crippen LogP contribution is 2.27. The monoisotopic (exact) mass is 295 g/mol. The number of rotatable bonds is 7. The molecule has 0 aromatic carbocycles. The number of H-pyrrole nitrogens is 1. The van der Waals surface area contributed by atoms with Gasteiger partial charge in [-0.1, -0.05) is 0 Å². The molecule has 0 spiro atoms. The van der Waals surface area contributed by atoms with Crippen molar-refractivity contribution in [1.29, 1.82) is 0 Å². The topological polar surface area (TPSA) is 77.6 Å². The zero-order valence-corrected chi connectivity index (χ0v) is 13.0. The number of fused-ring (bicyclic) bond motifs is 1. The summed E-state index contributed by atoms with van der Waals surface area (Å²) in [5.41, 5.74) is 6.70. The van der Waals surface area contributed by atoms with Crippen LogP contribution in [0.25, 0.3) is 0 Å². The number of nitrogens with zero attached hydrogens (tertiary/aromatic N) is 1. The second kappa shape index (κ2) is 7.17. The first-order valence-corrected chi connectivity index (χ1v) is 7.40. The number of aliphatic hydroxyl groups is 1. The highest BCUT2D eigenvalue weighted by Gasteiger charge is 2.23. The van der Waals surface area contributed by atoms with E-state index in [2.05, 4.69) is 10.5 Å². The fourth-order valence-corrected chi connectivity index (χ4v) is 2.74. The zero-order chi connectivity index (χ0) is 15.4. The number of ketones is 1. The molecule has 21 heavy (non-hydrogen) atoms. The number of nitrogens with one attached hydrogen (secondary N) is 2. The zero-order valence-electron chi connectivity index (χ0n) is 13.0. The Balaban J connectivity index is 1.85. The van der Waals surface area contributed by atoms with Gasteiger partial charge in [-0.05, 0) is 39.4 Å². The molecule has 1 aromatic heterocycles. The largest absolute Gasteiger partial charge is 0.390 e. The van der Waals surface area contributed by atoms with Crippen LogP contribution in [0.2, 0.25) is 0 Å². The molecule has 0 bridgehead atoms. The lowest BCUT2D eigenvalue weighted by Gasteiger charge is -2.16. The highest BCUT2D eigenvalue weighted by molar-refractivity contribution is 5.97. The van der Waals surface area contributed by atoms with Crippen molar-refractivity contribution in [3.8, 4) is 0 Å². The number of Topliss-reactive ketones (excluding diaryl/α,β-unsaturated/α-hetero) is 1. The molecule has 118 valence electrons. The average Bonchev–Trinajstić information content (AvgIpc) is 2.72. The number of aryl methyl sites for hydroxylation is 1. The van der Waals surface area contributed by atoms with E-state index < -0.39 is 6.10 Å². The Morgan fingerprint density at radius 2 is 2.19 bits per heavy atom. The van der Waals surface area contributed by atoms with Crippen LogP contribution in [0.15, 0.2) is 0 Å². The van der Waals surface area contributed by atoms with Crippen LogP contribution in [0.3, 0.4) is 0 Å². The molecule has 0 aliphatic heterocycles. The van der Waals surface area contributed by atoms with Crippen LogP contribution < -0.4 is 5.48 Å². The molecule has 1 atom stereocenters. The number of hydroxylamine groups is 1. The first-order valence-electron chi connectivity index (χ1n) is 7.40. The number of carbonyl (C=O) groups excluding carboxylic acids is 1. The standard InChI is InChI=1S/C15H25N3O3/c1-10-13(9-21-16-7-11(19)8-18(2)3)12-5-4-6-14(20)15(12)17-10/h11,16-17,19H,4-9H2,1-3H3. The van der Waals surface area contributed by atoms with E-state index in [1.807, 2.05) is 25.9 Å². The summed E-state index contributed by atoms with van der Waals surface area (Å²) in [6.07, 6.45) is 1.99. The molecule has 0 saturated carbocycles. The molecule has 1 unspecified atom stereocenters. The lowest BCUT2D eigenvalue weighted by molar-refractivity contribution is -0.00148. The molecular weight excluding hydrogens is 270 g/mol. The third-order valence-electron chi connectivity index (χ3n) is 3.75. The molecule has 6 heteroatoms. The predicted molar refractivity (Wildman–Crippen MR) is 80.2 cm³/mol. The number of hydrogen-bond acceptors (Lipinski definition) is 5. The molecule has 1 aliphatic carbocycles. The van der Waals surface area contributed by atoms with Gasteiger partial charge < -0.3 is 15.0 Å². The Morgan fingerprint density at radius 1 is 1.43 bits per heavy atom. The van der Waals surface area contributed by atoms with Gasteiger partial charge in [0.05, 0.1) is 18.4 Å². The third-order valence-corrected chi connectivity index (χ3v) is 3.75. The summed E-state index contributed by atoms with van der Waals surface area (Å²) in [5.74, 6) is 0.194. The maximum Gasteiger partial charge on any atom is 0.179 e.